The Kier molecular flexibility index (Phi) is 6.62. The topological polar surface area (TPSA) is 84.0 Å². The van der Waals surface area contributed by atoms with Crippen LogP contribution in [0.3, 0.4) is 0 Å². The molecule has 6 heteroatoms. The summed E-state index contributed by atoms with van der Waals surface area (Å²) in [6.07, 6.45) is 4.56. The van der Waals surface area contributed by atoms with Gasteiger partial charge in [0.1, 0.15) is 5.69 Å². The normalized spacial score (nSPS) is 11.8. The average Bonchev–Trinajstić information content (AvgIpc) is 2.61. The van der Waals surface area contributed by atoms with Crippen molar-refractivity contribution in [2.75, 3.05) is 6.54 Å². The first kappa shape index (κ1) is 18.6. The second-order valence-electron chi connectivity index (χ2n) is 6.24. The Labute approximate surface area is 148 Å². The molecule has 132 valence electrons. The van der Waals surface area contributed by atoms with E-state index in [2.05, 4.69) is 34.4 Å². The van der Waals surface area contributed by atoms with E-state index in [9.17, 15) is 9.59 Å². The third-order valence-corrected chi connectivity index (χ3v) is 3.94. The van der Waals surface area contributed by atoms with E-state index in [0.717, 1.165) is 11.1 Å². The molecule has 2 N–H and O–H groups in total. The summed E-state index contributed by atoms with van der Waals surface area (Å²) in [5, 5.41) is 5.75. The van der Waals surface area contributed by atoms with Gasteiger partial charge in [-0.2, -0.15) is 0 Å². The lowest BCUT2D eigenvalue weighted by Gasteiger charge is -2.24. The number of nitrogens with one attached hydrogen (secondary N) is 2. The SMILES string of the molecule is Cc1ccccc1C(NC(=O)CCNC(=O)c1cnccn1)C(C)C. The summed E-state index contributed by atoms with van der Waals surface area (Å²) in [6.45, 7) is 6.44. The Morgan fingerprint density at radius 1 is 1.16 bits per heavy atom. The molecule has 0 aliphatic rings. The molecule has 1 heterocycles. The van der Waals surface area contributed by atoms with Crippen LogP contribution in [0.1, 0.15) is 47.9 Å². The molecule has 0 radical (unpaired) electrons. The number of rotatable bonds is 7. The van der Waals surface area contributed by atoms with Gasteiger partial charge in [0.25, 0.3) is 5.91 Å². The maximum absolute atomic E-state index is 12.3. The number of benzene rings is 1. The van der Waals surface area contributed by atoms with Crippen LogP contribution in [-0.2, 0) is 4.79 Å². The highest BCUT2D eigenvalue weighted by Gasteiger charge is 2.19. The number of carbonyl (C=O) groups is 2. The minimum atomic E-state index is -0.333. The molecule has 0 bridgehead atoms. The van der Waals surface area contributed by atoms with E-state index in [-0.39, 0.29) is 42.4 Å². The molecule has 0 saturated heterocycles. The molecule has 2 rings (SSSR count). The van der Waals surface area contributed by atoms with Crippen molar-refractivity contribution in [1.82, 2.24) is 20.6 Å². The monoisotopic (exact) mass is 340 g/mol. The number of amides is 2. The molecule has 1 atom stereocenters. The number of nitrogens with zero attached hydrogens (tertiary/aromatic N) is 2. The second kappa shape index (κ2) is 8.92. The molecule has 0 saturated carbocycles. The number of hydrogen-bond donors (Lipinski definition) is 2. The Morgan fingerprint density at radius 3 is 2.56 bits per heavy atom. The lowest BCUT2D eigenvalue weighted by atomic mass is 9.92. The molecule has 2 amide bonds. The van der Waals surface area contributed by atoms with Gasteiger partial charge in [-0.15, -0.1) is 0 Å². The van der Waals surface area contributed by atoms with Crippen LogP contribution in [0.5, 0.6) is 0 Å². The van der Waals surface area contributed by atoms with E-state index in [0.29, 0.717) is 0 Å². The van der Waals surface area contributed by atoms with Crippen LogP contribution < -0.4 is 10.6 Å². The molecular formula is C19H24N4O2. The molecular weight excluding hydrogens is 316 g/mol. The highest BCUT2D eigenvalue weighted by Crippen LogP contribution is 2.24. The van der Waals surface area contributed by atoms with E-state index in [4.69, 9.17) is 0 Å². The van der Waals surface area contributed by atoms with Gasteiger partial charge in [-0.25, -0.2) is 4.98 Å². The zero-order valence-corrected chi connectivity index (χ0v) is 14.8. The average molecular weight is 340 g/mol. The maximum atomic E-state index is 12.3. The second-order valence-corrected chi connectivity index (χ2v) is 6.24. The van der Waals surface area contributed by atoms with Crippen LogP contribution in [0.2, 0.25) is 0 Å². The van der Waals surface area contributed by atoms with Gasteiger partial charge < -0.3 is 10.6 Å². The summed E-state index contributed by atoms with van der Waals surface area (Å²) >= 11 is 0. The van der Waals surface area contributed by atoms with Crippen molar-refractivity contribution >= 4 is 11.8 Å². The quantitative estimate of drug-likeness (QED) is 0.811. The van der Waals surface area contributed by atoms with Gasteiger partial charge in [0.05, 0.1) is 12.2 Å². The predicted octanol–water partition coefficient (Wildman–Crippen LogP) is 2.42. The Hall–Kier alpha value is -2.76. The standard InChI is InChI=1S/C19H24N4O2/c1-13(2)18(15-7-5-4-6-14(15)3)23-17(24)8-9-22-19(25)16-12-20-10-11-21-16/h4-7,10-13,18H,8-9H2,1-3H3,(H,22,25)(H,23,24). The molecule has 6 nitrogen and oxygen atoms in total. The molecule has 0 aliphatic heterocycles. The summed E-state index contributed by atoms with van der Waals surface area (Å²) < 4.78 is 0. The molecule has 1 aromatic carbocycles. The van der Waals surface area contributed by atoms with Crippen molar-refractivity contribution in [3.05, 3.63) is 59.7 Å². The van der Waals surface area contributed by atoms with Crippen molar-refractivity contribution in [2.45, 2.75) is 33.2 Å². The fourth-order valence-corrected chi connectivity index (χ4v) is 2.58. The van der Waals surface area contributed by atoms with Crippen LogP contribution in [0.15, 0.2) is 42.9 Å². The minimum absolute atomic E-state index is 0.0515. The van der Waals surface area contributed by atoms with Crippen LogP contribution in [0.4, 0.5) is 0 Å². The predicted molar refractivity (Wildman–Crippen MR) is 95.9 cm³/mol. The molecule has 0 fully saturated rings. The van der Waals surface area contributed by atoms with Crippen LogP contribution in [0.25, 0.3) is 0 Å². The molecule has 1 unspecified atom stereocenters. The van der Waals surface area contributed by atoms with Gasteiger partial charge in [0, 0.05) is 25.4 Å². The largest absolute Gasteiger partial charge is 0.350 e. The van der Waals surface area contributed by atoms with Gasteiger partial charge >= 0.3 is 0 Å². The minimum Gasteiger partial charge on any atom is -0.350 e. The molecule has 2 aromatic rings. The highest BCUT2D eigenvalue weighted by molar-refractivity contribution is 5.92. The number of aryl methyl sites for hydroxylation is 1. The summed E-state index contributed by atoms with van der Waals surface area (Å²) in [4.78, 5) is 31.9. The first-order valence-electron chi connectivity index (χ1n) is 8.38. The van der Waals surface area contributed by atoms with Crippen molar-refractivity contribution in [2.24, 2.45) is 5.92 Å². The molecule has 0 spiro atoms. The van der Waals surface area contributed by atoms with Gasteiger partial charge in [-0.05, 0) is 24.0 Å². The molecule has 1 aromatic heterocycles. The van der Waals surface area contributed by atoms with Gasteiger partial charge in [-0.1, -0.05) is 38.1 Å². The van der Waals surface area contributed by atoms with Crippen molar-refractivity contribution in [3.8, 4) is 0 Å². The van der Waals surface area contributed by atoms with E-state index in [1.165, 1.54) is 18.6 Å². The molecule has 25 heavy (non-hydrogen) atoms. The Balaban J connectivity index is 1.88. The lowest BCUT2D eigenvalue weighted by Crippen LogP contribution is -2.35. The van der Waals surface area contributed by atoms with Gasteiger partial charge in [0.2, 0.25) is 5.91 Å². The van der Waals surface area contributed by atoms with Gasteiger partial charge in [-0.3, -0.25) is 14.6 Å². The smallest absolute Gasteiger partial charge is 0.271 e. The van der Waals surface area contributed by atoms with E-state index in [1.807, 2.05) is 31.2 Å². The van der Waals surface area contributed by atoms with Crippen molar-refractivity contribution in [1.29, 1.82) is 0 Å². The number of aromatic nitrogens is 2. The lowest BCUT2D eigenvalue weighted by molar-refractivity contribution is -0.122. The van der Waals surface area contributed by atoms with E-state index < -0.39 is 0 Å². The summed E-state index contributed by atoms with van der Waals surface area (Å²) in [5.41, 5.74) is 2.51. The first-order chi connectivity index (χ1) is 12.0. The highest BCUT2D eigenvalue weighted by atomic mass is 16.2. The molecule has 0 aliphatic carbocycles. The third kappa shape index (κ3) is 5.38. The van der Waals surface area contributed by atoms with E-state index >= 15 is 0 Å². The Morgan fingerprint density at radius 2 is 1.92 bits per heavy atom. The van der Waals surface area contributed by atoms with Crippen LogP contribution in [-0.4, -0.2) is 28.3 Å². The fraction of sp³-hybridized carbons (Fsp3) is 0.368. The number of carbonyl (C=O) groups excluding carboxylic acids is 2. The Bertz CT molecular complexity index is 716. The third-order valence-electron chi connectivity index (χ3n) is 3.94. The zero-order valence-electron chi connectivity index (χ0n) is 14.8. The van der Waals surface area contributed by atoms with Crippen molar-refractivity contribution in [3.63, 3.8) is 0 Å². The maximum Gasteiger partial charge on any atom is 0.271 e. The van der Waals surface area contributed by atoms with Crippen molar-refractivity contribution < 1.29 is 9.59 Å². The fourth-order valence-electron chi connectivity index (χ4n) is 2.58. The summed E-state index contributed by atoms with van der Waals surface area (Å²) in [5.74, 6) is -0.166. The zero-order chi connectivity index (χ0) is 18.2. The summed E-state index contributed by atoms with van der Waals surface area (Å²) in [7, 11) is 0. The first-order valence-corrected chi connectivity index (χ1v) is 8.38. The van der Waals surface area contributed by atoms with E-state index in [1.54, 1.807) is 0 Å². The van der Waals surface area contributed by atoms with Crippen LogP contribution in [0, 0.1) is 12.8 Å². The van der Waals surface area contributed by atoms with Crippen LogP contribution >= 0.6 is 0 Å². The summed E-state index contributed by atoms with van der Waals surface area (Å²) in [6, 6.07) is 7.99. The number of hydrogen-bond acceptors (Lipinski definition) is 4. The van der Waals surface area contributed by atoms with Gasteiger partial charge in [0.15, 0.2) is 0 Å².